The minimum Gasteiger partial charge on any atom is -0.496 e. The fourth-order valence-electron chi connectivity index (χ4n) is 3.62. The van der Waals surface area contributed by atoms with Crippen LogP contribution in [0.5, 0.6) is 5.75 Å². The Morgan fingerprint density at radius 1 is 1.17 bits per heavy atom. The van der Waals surface area contributed by atoms with Crippen LogP contribution in [0.3, 0.4) is 0 Å². The first-order chi connectivity index (χ1) is 13.8. The number of rotatable bonds is 5. The molecule has 1 aromatic heterocycles. The Kier molecular flexibility index (Phi) is 5.08. The van der Waals surface area contributed by atoms with Crippen LogP contribution in [0.1, 0.15) is 16.7 Å². The van der Waals surface area contributed by atoms with Gasteiger partial charge in [-0.15, -0.1) is 0 Å². The van der Waals surface area contributed by atoms with Gasteiger partial charge in [-0.25, -0.2) is 13.4 Å². The SMILES string of the molecule is COc1c(C)cc(S(=O)(=O)Nc2cccc(-c3cn4c(n3)SCC4)c2)c(C)c1C. The highest BCUT2D eigenvalue weighted by molar-refractivity contribution is 7.99. The number of methoxy groups -OCH3 is 1. The summed E-state index contributed by atoms with van der Waals surface area (Å²) in [7, 11) is -2.15. The highest BCUT2D eigenvalue weighted by atomic mass is 32.2. The van der Waals surface area contributed by atoms with Crippen LogP contribution in [0.25, 0.3) is 11.3 Å². The van der Waals surface area contributed by atoms with Crippen LogP contribution < -0.4 is 9.46 Å². The van der Waals surface area contributed by atoms with E-state index >= 15 is 0 Å². The maximum absolute atomic E-state index is 13.1. The number of benzene rings is 2. The third-order valence-electron chi connectivity index (χ3n) is 5.19. The number of fused-ring (bicyclic) bond motifs is 1. The second-order valence-corrected chi connectivity index (χ2v) is 9.82. The number of ether oxygens (including phenoxy) is 1. The van der Waals surface area contributed by atoms with Gasteiger partial charge in [0.25, 0.3) is 10.0 Å². The summed E-state index contributed by atoms with van der Waals surface area (Å²) in [6.45, 7) is 6.47. The maximum atomic E-state index is 13.1. The van der Waals surface area contributed by atoms with Crippen molar-refractivity contribution in [3.8, 4) is 17.0 Å². The van der Waals surface area contributed by atoms with Crippen LogP contribution in [0.2, 0.25) is 0 Å². The van der Waals surface area contributed by atoms with Gasteiger partial charge in [0.2, 0.25) is 0 Å². The molecule has 0 atom stereocenters. The Bertz CT molecular complexity index is 1180. The largest absolute Gasteiger partial charge is 0.496 e. The summed E-state index contributed by atoms with van der Waals surface area (Å²) in [5, 5.41) is 1.01. The molecular weight excluding hydrogens is 406 g/mol. The van der Waals surface area contributed by atoms with Crippen LogP contribution in [0.15, 0.2) is 46.6 Å². The van der Waals surface area contributed by atoms with Gasteiger partial charge in [0.05, 0.1) is 17.7 Å². The molecular formula is C21H23N3O3S2. The van der Waals surface area contributed by atoms with Crippen LogP contribution >= 0.6 is 11.8 Å². The zero-order chi connectivity index (χ0) is 20.8. The van der Waals surface area contributed by atoms with Crippen molar-refractivity contribution in [2.45, 2.75) is 37.4 Å². The molecule has 1 N–H and O–H groups in total. The second kappa shape index (κ2) is 7.42. The van der Waals surface area contributed by atoms with E-state index in [4.69, 9.17) is 4.74 Å². The number of aryl methyl sites for hydroxylation is 2. The van der Waals surface area contributed by atoms with E-state index in [1.807, 2.05) is 38.2 Å². The zero-order valence-corrected chi connectivity index (χ0v) is 18.4. The lowest BCUT2D eigenvalue weighted by Gasteiger charge is -2.17. The third-order valence-corrected chi connectivity index (χ3v) is 7.66. The van der Waals surface area contributed by atoms with Crippen LogP contribution in [0.4, 0.5) is 5.69 Å². The topological polar surface area (TPSA) is 73.2 Å². The quantitative estimate of drug-likeness (QED) is 0.651. The van der Waals surface area contributed by atoms with Gasteiger partial charge in [0.15, 0.2) is 5.16 Å². The van der Waals surface area contributed by atoms with Gasteiger partial charge in [-0.1, -0.05) is 23.9 Å². The van der Waals surface area contributed by atoms with Crippen molar-refractivity contribution in [3.63, 3.8) is 0 Å². The zero-order valence-electron chi connectivity index (χ0n) is 16.8. The van der Waals surface area contributed by atoms with E-state index in [1.165, 1.54) is 0 Å². The molecule has 0 radical (unpaired) electrons. The summed E-state index contributed by atoms with van der Waals surface area (Å²) in [5.74, 6) is 1.76. The predicted octanol–water partition coefficient (Wildman–Crippen LogP) is 4.39. The molecule has 8 heteroatoms. The minimum absolute atomic E-state index is 0.260. The number of sulfonamides is 1. The monoisotopic (exact) mass is 429 g/mol. The molecule has 152 valence electrons. The number of aromatic nitrogens is 2. The van der Waals surface area contributed by atoms with Crippen LogP contribution in [-0.2, 0) is 16.6 Å². The van der Waals surface area contributed by atoms with Crippen molar-refractivity contribution in [2.75, 3.05) is 17.6 Å². The molecule has 0 aliphatic carbocycles. The lowest BCUT2D eigenvalue weighted by Crippen LogP contribution is -2.15. The Hall–Kier alpha value is -2.45. The van der Waals surface area contributed by atoms with Gasteiger partial charge in [-0.2, -0.15) is 0 Å². The van der Waals surface area contributed by atoms with Crippen LogP contribution in [-0.4, -0.2) is 30.8 Å². The average Bonchev–Trinajstić information content (AvgIpc) is 3.27. The maximum Gasteiger partial charge on any atom is 0.262 e. The van der Waals surface area contributed by atoms with Crippen molar-refractivity contribution >= 4 is 27.5 Å². The van der Waals surface area contributed by atoms with Crippen molar-refractivity contribution < 1.29 is 13.2 Å². The standard InChI is InChI=1S/C21H23N3O3S2/c1-13-10-19(14(2)15(3)20(13)27-4)29(25,26)23-17-7-5-6-16(11-17)18-12-24-8-9-28-21(24)22-18/h5-7,10-12,23H,8-9H2,1-4H3. The molecule has 0 bridgehead atoms. The summed E-state index contributed by atoms with van der Waals surface area (Å²) in [6.07, 6.45) is 2.02. The smallest absolute Gasteiger partial charge is 0.262 e. The number of hydrogen-bond acceptors (Lipinski definition) is 5. The number of imidazole rings is 1. The van der Waals surface area contributed by atoms with E-state index in [9.17, 15) is 8.42 Å². The molecule has 3 aromatic rings. The first-order valence-corrected chi connectivity index (χ1v) is 11.7. The molecule has 1 aliphatic rings. The highest BCUT2D eigenvalue weighted by Gasteiger charge is 2.22. The van der Waals surface area contributed by atoms with E-state index in [1.54, 1.807) is 37.9 Å². The van der Waals surface area contributed by atoms with E-state index in [0.717, 1.165) is 39.8 Å². The Morgan fingerprint density at radius 2 is 1.97 bits per heavy atom. The summed E-state index contributed by atoms with van der Waals surface area (Å²) >= 11 is 1.73. The van der Waals surface area contributed by atoms with Gasteiger partial charge in [-0.05, 0) is 55.7 Å². The van der Waals surface area contributed by atoms with Crippen LogP contribution in [0, 0.1) is 20.8 Å². The molecule has 2 heterocycles. The molecule has 4 rings (SSSR count). The first-order valence-electron chi connectivity index (χ1n) is 9.28. The molecule has 1 aliphatic heterocycles. The van der Waals surface area contributed by atoms with Crippen molar-refractivity contribution in [2.24, 2.45) is 0 Å². The molecule has 0 amide bonds. The Morgan fingerprint density at radius 3 is 2.69 bits per heavy atom. The van der Waals surface area contributed by atoms with E-state index in [0.29, 0.717) is 17.0 Å². The number of nitrogens with one attached hydrogen (secondary N) is 1. The van der Waals surface area contributed by atoms with Crippen molar-refractivity contribution in [1.82, 2.24) is 9.55 Å². The second-order valence-electron chi connectivity index (χ2n) is 7.11. The van der Waals surface area contributed by atoms with Gasteiger partial charge in [0, 0.05) is 29.7 Å². The van der Waals surface area contributed by atoms with E-state index in [2.05, 4.69) is 14.3 Å². The predicted molar refractivity (Wildman–Crippen MR) is 116 cm³/mol. The summed E-state index contributed by atoms with van der Waals surface area (Å²) in [5.41, 5.74) is 4.53. The fourth-order valence-corrected chi connectivity index (χ4v) is 5.99. The normalized spacial score (nSPS) is 13.4. The molecule has 0 unspecified atom stereocenters. The van der Waals surface area contributed by atoms with Gasteiger partial charge in [-0.3, -0.25) is 4.72 Å². The summed E-state index contributed by atoms with van der Waals surface area (Å²) in [4.78, 5) is 4.91. The number of thioether (sulfide) groups is 1. The number of anilines is 1. The van der Waals surface area contributed by atoms with Crippen molar-refractivity contribution in [3.05, 3.63) is 53.2 Å². The average molecular weight is 430 g/mol. The van der Waals surface area contributed by atoms with Gasteiger partial charge < -0.3 is 9.30 Å². The highest BCUT2D eigenvalue weighted by Crippen LogP contribution is 2.33. The van der Waals surface area contributed by atoms with Gasteiger partial charge >= 0.3 is 0 Å². The molecule has 29 heavy (non-hydrogen) atoms. The molecule has 0 spiro atoms. The summed E-state index contributed by atoms with van der Waals surface area (Å²) in [6, 6.07) is 9.00. The molecule has 0 fully saturated rings. The Balaban J connectivity index is 1.67. The molecule has 0 saturated carbocycles. The fraction of sp³-hybridized carbons (Fsp3) is 0.286. The third kappa shape index (κ3) is 3.62. The molecule has 6 nitrogen and oxygen atoms in total. The summed E-state index contributed by atoms with van der Waals surface area (Å²) < 4.78 is 36.5. The van der Waals surface area contributed by atoms with E-state index < -0.39 is 10.0 Å². The lowest BCUT2D eigenvalue weighted by atomic mass is 10.1. The Labute approximate surface area is 175 Å². The number of hydrogen-bond donors (Lipinski definition) is 1. The minimum atomic E-state index is -3.74. The van der Waals surface area contributed by atoms with Crippen molar-refractivity contribution in [1.29, 1.82) is 0 Å². The molecule has 0 saturated heterocycles. The first kappa shape index (κ1) is 19.8. The number of nitrogens with zero attached hydrogens (tertiary/aromatic N) is 2. The van der Waals surface area contributed by atoms with Gasteiger partial charge in [0.1, 0.15) is 5.75 Å². The lowest BCUT2D eigenvalue weighted by molar-refractivity contribution is 0.407. The molecule has 2 aromatic carbocycles. The van der Waals surface area contributed by atoms with E-state index in [-0.39, 0.29) is 4.90 Å².